The molecule has 8 heteroatoms. The van der Waals surface area contributed by atoms with E-state index < -0.39 is 6.04 Å². The summed E-state index contributed by atoms with van der Waals surface area (Å²) < 4.78 is 1.91. The fraction of sp³-hybridized carbons (Fsp3) is 0.242. The first-order chi connectivity index (χ1) is 20.0. The van der Waals surface area contributed by atoms with Crippen LogP contribution in [-0.2, 0) is 16.1 Å². The summed E-state index contributed by atoms with van der Waals surface area (Å²) in [5.41, 5.74) is 3.24. The predicted molar refractivity (Wildman–Crippen MR) is 162 cm³/mol. The van der Waals surface area contributed by atoms with E-state index in [0.717, 1.165) is 5.56 Å². The summed E-state index contributed by atoms with van der Waals surface area (Å²) in [6.07, 6.45) is 9.28. The maximum Gasteiger partial charge on any atom is 0.244 e. The molecule has 210 valence electrons. The van der Waals surface area contributed by atoms with E-state index in [2.05, 4.69) is 39.9 Å². The molecule has 5 rings (SSSR count). The van der Waals surface area contributed by atoms with E-state index in [1.165, 1.54) is 17.2 Å². The summed E-state index contributed by atoms with van der Waals surface area (Å²) in [7, 11) is 0. The van der Waals surface area contributed by atoms with E-state index in [9.17, 15) is 9.59 Å². The van der Waals surface area contributed by atoms with Crippen molar-refractivity contribution >= 4 is 29.5 Å². The number of nitrogens with one attached hydrogen (secondary N) is 2. The molecule has 2 N–H and O–H groups in total. The predicted octanol–water partition coefficient (Wildman–Crippen LogP) is 4.76. The smallest absolute Gasteiger partial charge is 0.244 e. The highest BCUT2D eigenvalue weighted by molar-refractivity contribution is 6.30. The van der Waals surface area contributed by atoms with Gasteiger partial charge in [-0.3, -0.25) is 14.9 Å². The van der Waals surface area contributed by atoms with E-state index in [0.29, 0.717) is 37.6 Å². The highest BCUT2D eigenvalue weighted by Crippen LogP contribution is 2.27. The van der Waals surface area contributed by atoms with Crippen molar-refractivity contribution < 1.29 is 9.59 Å². The minimum atomic E-state index is -0.453. The van der Waals surface area contributed by atoms with Crippen molar-refractivity contribution in [1.82, 2.24) is 25.1 Å². The summed E-state index contributed by atoms with van der Waals surface area (Å²) >= 11 is 5.95. The standard InChI is InChI=1S/C33H34ClN5O2/c34-28-14-11-25(12-15-28)13-16-32(40)36-21-29-17-19-39(33(41)31(37-29)23-38-20-18-35-24-38)22-30(26-7-3-1-4-8-26)27-9-5-2-6-10-27/h1-16,18,20,24,29-31,37H,17,19,21-23H2,(H,36,40)/b16-13+/t29-,31-/m0/s1. The molecule has 0 unspecified atom stereocenters. The van der Waals surface area contributed by atoms with Gasteiger partial charge in [-0.15, -0.1) is 0 Å². The number of hydrogen-bond donors (Lipinski definition) is 2. The Morgan fingerprint density at radius 3 is 2.34 bits per heavy atom. The molecule has 2 amide bonds. The Morgan fingerprint density at radius 2 is 1.71 bits per heavy atom. The molecule has 1 aromatic heterocycles. The lowest BCUT2D eigenvalue weighted by Gasteiger charge is -2.29. The van der Waals surface area contributed by atoms with Crippen LogP contribution in [0.2, 0.25) is 5.02 Å². The van der Waals surface area contributed by atoms with Crippen LogP contribution in [0.3, 0.4) is 0 Å². The quantitative estimate of drug-likeness (QED) is 0.271. The molecule has 4 aromatic rings. The normalized spacial score (nSPS) is 17.6. The zero-order valence-electron chi connectivity index (χ0n) is 22.8. The van der Waals surface area contributed by atoms with E-state index in [-0.39, 0.29) is 23.8 Å². The molecule has 0 spiro atoms. The van der Waals surface area contributed by atoms with Crippen molar-refractivity contribution in [3.05, 3.63) is 131 Å². The lowest BCUT2D eigenvalue weighted by Crippen LogP contribution is -2.50. The Hall–Kier alpha value is -4.20. The second-order valence-electron chi connectivity index (χ2n) is 10.3. The van der Waals surface area contributed by atoms with Crippen LogP contribution in [0.15, 0.2) is 110 Å². The second kappa shape index (κ2) is 13.9. The Morgan fingerprint density at radius 1 is 1.02 bits per heavy atom. The third kappa shape index (κ3) is 7.93. The third-order valence-corrected chi connectivity index (χ3v) is 7.63. The van der Waals surface area contributed by atoms with Crippen LogP contribution < -0.4 is 10.6 Å². The van der Waals surface area contributed by atoms with Crippen LogP contribution in [0.25, 0.3) is 6.08 Å². The summed E-state index contributed by atoms with van der Waals surface area (Å²) in [5, 5.41) is 7.18. The monoisotopic (exact) mass is 567 g/mol. The van der Waals surface area contributed by atoms with Crippen molar-refractivity contribution in [2.24, 2.45) is 0 Å². The Labute approximate surface area is 245 Å². The molecule has 1 aliphatic rings. The van der Waals surface area contributed by atoms with Gasteiger partial charge in [0.05, 0.1) is 6.33 Å². The van der Waals surface area contributed by atoms with Crippen LogP contribution >= 0.6 is 11.6 Å². The van der Waals surface area contributed by atoms with Crippen LogP contribution in [0, 0.1) is 0 Å². The molecule has 41 heavy (non-hydrogen) atoms. The van der Waals surface area contributed by atoms with Crippen molar-refractivity contribution in [3.63, 3.8) is 0 Å². The first kappa shape index (κ1) is 28.3. The molecule has 0 aliphatic carbocycles. The number of hydrogen-bond acceptors (Lipinski definition) is 4. The van der Waals surface area contributed by atoms with Gasteiger partial charge >= 0.3 is 0 Å². The van der Waals surface area contributed by atoms with Crippen molar-refractivity contribution in [3.8, 4) is 0 Å². The number of aromatic nitrogens is 2. The molecule has 2 atom stereocenters. The van der Waals surface area contributed by atoms with Gasteiger partial charge in [-0.05, 0) is 41.3 Å². The Kier molecular flexibility index (Phi) is 9.62. The molecule has 7 nitrogen and oxygen atoms in total. The summed E-state index contributed by atoms with van der Waals surface area (Å²) in [4.78, 5) is 32.7. The number of nitrogens with zero attached hydrogens (tertiary/aromatic N) is 3. The second-order valence-corrected chi connectivity index (χ2v) is 10.7. The minimum absolute atomic E-state index is 0.0458. The van der Waals surface area contributed by atoms with Gasteiger partial charge in [-0.2, -0.15) is 0 Å². The van der Waals surface area contributed by atoms with Gasteiger partial charge in [-0.25, -0.2) is 4.98 Å². The number of carbonyl (C=O) groups excluding carboxylic acids is 2. The summed E-state index contributed by atoms with van der Waals surface area (Å²) in [5.74, 6) is -0.0925. The largest absolute Gasteiger partial charge is 0.351 e. The molecule has 0 radical (unpaired) electrons. The van der Waals surface area contributed by atoms with Crippen LogP contribution in [0.4, 0.5) is 0 Å². The number of rotatable bonds is 10. The first-order valence-electron chi connectivity index (χ1n) is 13.9. The van der Waals surface area contributed by atoms with Gasteiger partial charge < -0.3 is 14.8 Å². The van der Waals surface area contributed by atoms with Crippen molar-refractivity contribution in [1.29, 1.82) is 0 Å². The molecule has 1 fully saturated rings. The maximum atomic E-state index is 14.0. The SMILES string of the molecule is O=C(/C=C/c1ccc(Cl)cc1)NC[C@@H]1CCN(CC(c2ccccc2)c2ccccc2)C(=O)[C@H](Cn2ccnc2)N1. The third-order valence-electron chi connectivity index (χ3n) is 7.37. The fourth-order valence-electron chi connectivity index (χ4n) is 5.18. The van der Waals surface area contributed by atoms with E-state index in [1.807, 2.05) is 64.2 Å². The van der Waals surface area contributed by atoms with E-state index in [4.69, 9.17) is 11.6 Å². The topological polar surface area (TPSA) is 79.3 Å². The van der Waals surface area contributed by atoms with Gasteiger partial charge in [0, 0.05) is 61.6 Å². The number of imidazole rings is 1. The molecular formula is C33H34ClN5O2. The van der Waals surface area contributed by atoms with Crippen LogP contribution in [-0.4, -0.2) is 58.0 Å². The molecule has 0 bridgehead atoms. The molecule has 3 aromatic carbocycles. The van der Waals surface area contributed by atoms with Crippen molar-refractivity contribution in [2.45, 2.75) is 31.0 Å². The molecule has 2 heterocycles. The fourth-order valence-corrected chi connectivity index (χ4v) is 5.31. The molecule has 1 saturated heterocycles. The van der Waals surface area contributed by atoms with Gasteiger partial charge in [0.1, 0.15) is 6.04 Å². The van der Waals surface area contributed by atoms with Crippen LogP contribution in [0.5, 0.6) is 0 Å². The lowest BCUT2D eigenvalue weighted by molar-refractivity contribution is -0.133. The first-order valence-corrected chi connectivity index (χ1v) is 14.2. The summed E-state index contributed by atoms with van der Waals surface area (Å²) in [6.45, 7) is 2.02. The molecule has 0 saturated carbocycles. The van der Waals surface area contributed by atoms with Gasteiger partial charge in [-0.1, -0.05) is 84.4 Å². The zero-order valence-corrected chi connectivity index (χ0v) is 23.5. The number of halogens is 1. The van der Waals surface area contributed by atoms with E-state index >= 15 is 0 Å². The molecular weight excluding hydrogens is 534 g/mol. The number of amides is 2. The summed E-state index contributed by atoms with van der Waals surface area (Å²) in [6, 6.07) is 27.4. The van der Waals surface area contributed by atoms with Gasteiger partial charge in [0.25, 0.3) is 0 Å². The van der Waals surface area contributed by atoms with Gasteiger partial charge in [0.2, 0.25) is 11.8 Å². The molecule has 1 aliphatic heterocycles. The highest BCUT2D eigenvalue weighted by atomic mass is 35.5. The Bertz CT molecular complexity index is 1390. The Balaban J connectivity index is 1.30. The van der Waals surface area contributed by atoms with Gasteiger partial charge in [0.15, 0.2) is 0 Å². The van der Waals surface area contributed by atoms with Crippen LogP contribution in [0.1, 0.15) is 29.0 Å². The highest BCUT2D eigenvalue weighted by Gasteiger charge is 2.33. The zero-order chi connectivity index (χ0) is 28.4. The minimum Gasteiger partial charge on any atom is -0.351 e. The van der Waals surface area contributed by atoms with E-state index in [1.54, 1.807) is 30.7 Å². The van der Waals surface area contributed by atoms with Crippen molar-refractivity contribution in [2.75, 3.05) is 19.6 Å². The lowest BCUT2D eigenvalue weighted by atomic mass is 9.90. The number of carbonyl (C=O) groups is 2. The average Bonchev–Trinajstić information content (AvgIpc) is 3.47. The maximum absolute atomic E-state index is 14.0. The average molecular weight is 568 g/mol. The number of benzene rings is 3.